The monoisotopic (exact) mass is 343 g/mol. The molecule has 6 nitrogen and oxygen atoms in total. The molecule has 134 valence electrons. The molecule has 0 radical (unpaired) electrons. The SMILES string of the molecule is CC(C)(C)OC(=O)NCCC(O)c1cccc(/C=C/n2ccnc2)c1. The summed E-state index contributed by atoms with van der Waals surface area (Å²) in [7, 11) is 0. The van der Waals surface area contributed by atoms with E-state index in [4.69, 9.17) is 4.74 Å². The number of hydrogen-bond donors (Lipinski definition) is 2. The molecule has 0 saturated carbocycles. The van der Waals surface area contributed by atoms with Crippen molar-refractivity contribution < 1.29 is 14.6 Å². The summed E-state index contributed by atoms with van der Waals surface area (Å²) in [5, 5.41) is 13.0. The Balaban J connectivity index is 1.86. The molecule has 25 heavy (non-hydrogen) atoms. The number of rotatable bonds is 6. The van der Waals surface area contributed by atoms with Gasteiger partial charge < -0.3 is 19.7 Å². The van der Waals surface area contributed by atoms with E-state index in [2.05, 4.69) is 10.3 Å². The van der Waals surface area contributed by atoms with Crippen molar-refractivity contribution in [3.05, 3.63) is 54.1 Å². The smallest absolute Gasteiger partial charge is 0.407 e. The van der Waals surface area contributed by atoms with E-state index in [0.717, 1.165) is 11.1 Å². The second kappa shape index (κ2) is 8.48. The van der Waals surface area contributed by atoms with Gasteiger partial charge in [0, 0.05) is 25.1 Å². The molecule has 0 fully saturated rings. The van der Waals surface area contributed by atoms with Crippen molar-refractivity contribution in [3.8, 4) is 0 Å². The maximum Gasteiger partial charge on any atom is 0.407 e. The molecule has 2 N–H and O–H groups in total. The van der Waals surface area contributed by atoms with Gasteiger partial charge in [-0.25, -0.2) is 9.78 Å². The molecule has 2 aromatic rings. The molecule has 0 aliphatic carbocycles. The van der Waals surface area contributed by atoms with Gasteiger partial charge >= 0.3 is 6.09 Å². The first-order valence-electron chi connectivity index (χ1n) is 8.24. The lowest BCUT2D eigenvalue weighted by Gasteiger charge is -2.20. The van der Waals surface area contributed by atoms with Gasteiger partial charge in [0.05, 0.1) is 12.4 Å². The van der Waals surface area contributed by atoms with Crippen LogP contribution in [0.1, 0.15) is 44.4 Å². The highest BCUT2D eigenvalue weighted by Gasteiger charge is 2.16. The minimum absolute atomic E-state index is 0.338. The van der Waals surface area contributed by atoms with E-state index in [1.54, 1.807) is 12.5 Å². The number of imidazole rings is 1. The zero-order valence-corrected chi connectivity index (χ0v) is 14.8. The van der Waals surface area contributed by atoms with E-state index in [-0.39, 0.29) is 0 Å². The molecule has 1 heterocycles. The number of aliphatic hydroxyl groups excluding tert-OH is 1. The largest absolute Gasteiger partial charge is 0.444 e. The minimum Gasteiger partial charge on any atom is -0.444 e. The van der Waals surface area contributed by atoms with Crippen LogP contribution in [-0.2, 0) is 4.74 Å². The number of carbonyl (C=O) groups is 1. The molecular formula is C19H25N3O3. The van der Waals surface area contributed by atoms with E-state index >= 15 is 0 Å². The van der Waals surface area contributed by atoms with Crippen LogP contribution in [0.25, 0.3) is 12.3 Å². The van der Waals surface area contributed by atoms with Crippen molar-refractivity contribution in [2.24, 2.45) is 0 Å². The van der Waals surface area contributed by atoms with Crippen molar-refractivity contribution in [2.45, 2.75) is 38.9 Å². The van der Waals surface area contributed by atoms with Crippen molar-refractivity contribution in [3.63, 3.8) is 0 Å². The standard InChI is InChI=1S/C19H25N3O3/c1-19(2,3)25-18(24)21-9-7-17(23)16-6-4-5-15(13-16)8-11-22-12-10-20-14-22/h4-6,8,10-14,17,23H,7,9H2,1-3H3,(H,21,24)/b11-8+. The number of aromatic nitrogens is 2. The fourth-order valence-electron chi connectivity index (χ4n) is 2.19. The molecule has 6 heteroatoms. The van der Waals surface area contributed by atoms with Crippen LogP contribution in [0, 0.1) is 0 Å². The number of benzene rings is 1. The topological polar surface area (TPSA) is 76.4 Å². The van der Waals surface area contributed by atoms with Gasteiger partial charge in [-0.05, 0) is 50.5 Å². The summed E-state index contributed by atoms with van der Waals surface area (Å²) >= 11 is 0. The molecule has 1 atom stereocenters. The van der Waals surface area contributed by atoms with Crippen LogP contribution in [-0.4, -0.2) is 32.9 Å². The number of aliphatic hydroxyl groups is 1. The maximum atomic E-state index is 11.6. The van der Waals surface area contributed by atoms with Crippen molar-refractivity contribution in [1.29, 1.82) is 0 Å². The average Bonchev–Trinajstić information content (AvgIpc) is 3.05. The first kappa shape index (κ1) is 18.7. The summed E-state index contributed by atoms with van der Waals surface area (Å²) in [5.74, 6) is 0. The molecule has 0 aliphatic rings. The van der Waals surface area contributed by atoms with Crippen LogP contribution in [0.15, 0.2) is 43.0 Å². The Morgan fingerprint density at radius 3 is 2.92 bits per heavy atom. The molecule has 0 saturated heterocycles. The highest BCUT2D eigenvalue weighted by Crippen LogP contribution is 2.18. The minimum atomic E-state index is -0.656. The molecule has 1 aromatic heterocycles. The number of ether oxygens (including phenoxy) is 1. The van der Waals surface area contributed by atoms with Crippen LogP contribution in [0.4, 0.5) is 4.79 Å². The van der Waals surface area contributed by atoms with E-state index < -0.39 is 17.8 Å². The first-order valence-corrected chi connectivity index (χ1v) is 8.24. The molecule has 0 bridgehead atoms. The average molecular weight is 343 g/mol. The Kier molecular flexibility index (Phi) is 6.36. The highest BCUT2D eigenvalue weighted by molar-refractivity contribution is 5.67. The van der Waals surface area contributed by atoms with Crippen LogP contribution in [0.3, 0.4) is 0 Å². The fourth-order valence-corrected chi connectivity index (χ4v) is 2.19. The number of nitrogens with zero attached hydrogens (tertiary/aromatic N) is 2. The Bertz CT molecular complexity index is 703. The molecular weight excluding hydrogens is 318 g/mol. The van der Waals surface area contributed by atoms with Crippen LogP contribution in [0.5, 0.6) is 0 Å². The van der Waals surface area contributed by atoms with Crippen LogP contribution >= 0.6 is 0 Å². The first-order chi connectivity index (χ1) is 11.8. The quantitative estimate of drug-likeness (QED) is 0.842. The van der Waals surface area contributed by atoms with Crippen LogP contribution < -0.4 is 5.32 Å². The van der Waals surface area contributed by atoms with Gasteiger partial charge in [0.15, 0.2) is 0 Å². The summed E-state index contributed by atoms with van der Waals surface area (Å²) in [4.78, 5) is 15.6. The Hall–Kier alpha value is -2.60. The Morgan fingerprint density at radius 2 is 2.24 bits per heavy atom. The zero-order valence-electron chi connectivity index (χ0n) is 14.8. The Labute approximate surface area is 148 Å². The molecule has 0 spiro atoms. The third kappa shape index (κ3) is 6.81. The predicted molar refractivity (Wildman–Crippen MR) is 97.7 cm³/mol. The predicted octanol–water partition coefficient (Wildman–Crippen LogP) is 3.46. The molecule has 1 aromatic carbocycles. The lowest BCUT2D eigenvalue weighted by molar-refractivity contribution is 0.0518. The van der Waals surface area contributed by atoms with E-state index in [1.165, 1.54) is 0 Å². The van der Waals surface area contributed by atoms with Gasteiger partial charge in [0.1, 0.15) is 5.60 Å². The number of carbonyl (C=O) groups excluding carboxylic acids is 1. The second-order valence-corrected chi connectivity index (χ2v) is 6.73. The Morgan fingerprint density at radius 1 is 1.44 bits per heavy atom. The molecule has 1 amide bonds. The second-order valence-electron chi connectivity index (χ2n) is 6.73. The summed E-state index contributed by atoms with van der Waals surface area (Å²) < 4.78 is 7.00. The lowest BCUT2D eigenvalue weighted by Crippen LogP contribution is -2.33. The summed E-state index contributed by atoms with van der Waals surface area (Å²) in [5.41, 5.74) is 1.25. The number of amides is 1. The van der Waals surface area contributed by atoms with Gasteiger partial charge in [-0.2, -0.15) is 0 Å². The lowest BCUT2D eigenvalue weighted by atomic mass is 10.0. The third-order valence-electron chi connectivity index (χ3n) is 3.35. The van der Waals surface area contributed by atoms with E-state index in [0.29, 0.717) is 13.0 Å². The van der Waals surface area contributed by atoms with Gasteiger partial charge in [-0.3, -0.25) is 0 Å². The van der Waals surface area contributed by atoms with E-state index in [9.17, 15) is 9.90 Å². The molecule has 2 rings (SSSR count). The fraction of sp³-hybridized carbons (Fsp3) is 0.368. The van der Waals surface area contributed by atoms with Crippen molar-refractivity contribution in [1.82, 2.24) is 14.9 Å². The summed E-state index contributed by atoms with van der Waals surface area (Å²) in [6, 6.07) is 7.65. The highest BCUT2D eigenvalue weighted by atomic mass is 16.6. The number of alkyl carbamates (subject to hydrolysis) is 1. The van der Waals surface area contributed by atoms with Gasteiger partial charge in [-0.1, -0.05) is 18.2 Å². The molecule has 1 unspecified atom stereocenters. The van der Waals surface area contributed by atoms with Crippen molar-refractivity contribution >= 4 is 18.4 Å². The maximum absolute atomic E-state index is 11.6. The van der Waals surface area contributed by atoms with Crippen LogP contribution in [0.2, 0.25) is 0 Å². The van der Waals surface area contributed by atoms with Gasteiger partial charge in [0.25, 0.3) is 0 Å². The summed E-state index contributed by atoms with van der Waals surface area (Å²) in [6.45, 7) is 5.77. The zero-order chi connectivity index (χ0) is 18.3. The van der Waals surface area contributed by atoms with Gasteiger partial charge in [-0.15, -0.1) is 0 Å². The van der Waals surface area contributed by atoms with E-state index in [1.807, 2.05) is 68.1 Å². The number of nitrogens with one attached hydrogen (secondary N) is 1. The van der Waals surface area contributed by atoms with Gasteiger partial charge in [0.2, 0.25) is 0 Å². The number of hydrogen-bond acceptors (Lipinski definition) is 4. The van der Waals surface area contributed by atoms with Crippen molar-refractivity contribution in [2.75, 3.05) is 6.54 Å². The normalized spacial score (nSPS) is 13.0. The molecule has 0 aliphatic heterocycles. The third-order valence-corrected chi connectivity index (χ3v) is 3.35. The summed E-state index contributed by atoms with van der Waals surface area (Å²) in [6.07, 6.45) is 8.37.